The van der Waals surface area contributed by atoms with E-state index in [1.54, 1.807) is 54.6 Å². The van der Waals surface area contributed by atoms with Crippen LogP contribution in [0.1, 0.15) is 38.3 Å². The van der Waals surface area contributed by atoms with Gasteiger partial charge in [-0.25, -0.2) is 26.8 Å². The maximum Gasteiger partial charge on any atom is 0.439 e. The summed E-state index contributed by atoms with van der Waals surface area (Å²) in [5, 5.41) is 18.4. The number of carbonyl (C=O) groups is 1. The number of benzene rings is 4. The third-order valence-electron chi connectivity index (χ3n) is 11.0. The normalized spacial score (nSPS) is 19.6. The molecule has 5 atom stereocenters. The van der Waals surface area contributed by atoms with Crippen molar-refractivity contribution in [3.8, 4) is 34.0 Å². The van der Waals surface area contributed by atoms with E-state index >= 15 is 0 Å². The van der Waals surface area contributed by atoms with Gasteiger partial charge in [-0.05, 0) is 91.4 Å². The van der Waals surface area contributed by atoms with Gasteiger partial charge >= 0.3 is 11.8 Å². The highest BCUT2D eigenvalue weighted by Gasteiger charge is 2.53. The number of aromatic nitrogens is 2. The van der Waals surface area contributed by atoms with E-state index in [9.17, 15) is 31.9 Å². The van der Waals surface area contributed by atoms with Gasteiger partial charge < -0.3 is 34.1 Å². The van der Waals surface area contributed by atoms with E-state index in [2.05, 4.69) is 15.5 Å². The zero-order chi connectivity index (χ0) is 44.2. The highest BCUT2D eigenvalue weighted by molar-refractivity contribution is 7.89. The number of aromatic amines is 1. The second-order valence-corrected chi connectivity index (χ2v) is 17.7. The lowest BCUT2D eigenvalue weighted by atomic mass is 9.96. The number of carbonyl (C=O) groups excluding carboxylic acids is 1. The van der Waals surface area contributed by atoms with Gasteiger partial charge in [-0.1, -0.05) is 43.3 Å². The van der Waals surface area contributed by atoms with Crippen molar-refractivity contribution in [2.45, 2.75) is 69.2 Å². The van der Waals surface area contributed by atoms with Crippen LogP contribution in [0.2, 0.25) is 0 Å². The lowest BCUT2D eigenvalue weighted by Gasteiger charge is -2.31. The molecule has 62 heavy (non-hydrogen) atoms. The largest absolute Gasteiger partial charge is 0.497 e. The van der Waals surface area contributed by atoms with E-state index < -0.39 is 57.5 Å². The number of halogens is 2. The minimum atomic E-state index is -4.09. The molecule has 2 aliphatic heterocycles. The average Bonchev–Trinajstić information content (AvgIpc) is 3.94. The fourth-order valence-electron chi connectivity index (χ4n) is 7.72. The molecule has 3 N–H and O–H groups in total. The van der Waals surface area contributed by atoms with Gasteiger partial charge in [-0.15, -0.1) is 0 Å². The van der Waals surface area contributed by atoms with E-state index in [-0.39, 0.29) is 60.8 Å². The summed E-state index contributed by atoms with van der Waals surface area (Å²) >= 11 is 0. The van der Waals surface area contributed by atoms with Crippen molar-refractivity contribution < 1.29 is 55.3 Å². The second-order valence-electron chi connectivity index (χ2n) is 15.8. The number of aliphatic hydroxyl groups is 1. The van der Waals surface area contributed by atoms with Crippen molar-refractivity contribution in [2.24, 2.45) is 11.8 Å². The highest BCUT2D eigenvalue weighted by Crippen LogP contribution is 2.42. The first-order chi connectivity index (χ1) is 29.6. The van der Waals surface area contributed by atoms with Crippen molar-refractivity contribution >= 4 is 16.1 Å². The van der Waals surface area contributed by atoms with Crippen LogP contribution in [0, 0.1) is 23.5 Å². The molecule has 0 aliphatic carbocycles. The number of nitrogens with zero attached hydrogens (tertiary/aromatic N) is 2. The third kappa shape index (κ3) is 10.2. The maximum atomic E-state index is 14.7. The Balaban J connectivity index is 1.09. The summed E-state index contributed by atoms with van der Waals surface area (Å²) in [4.78, 5) is 27.9. The highest BCUT2D eigenvalue weighted by atomic mass is 32.2. The molecule has 0 spiro atoms. The van der Waals surface area contributed by atoms with Crippen molar-refractivity contribution in [2.75, 3.05) is 33.4 Å². The summed E-state index contributed by atoms with van der Waals surface area (Å²) in [7, 11) is -2.61. The van der Waals surface area contributed by atoms with Gasteiger partial charge in [0.15, 0.2) is 11.6 Å². The van der Waals surface area contributed by atoms with Crippen LogP contribution in [0.25, 0.3) is 22.5 Å². The Morgan fingerprint density at radius 1 is 1.00 bits per heavy atom. The van der Waals surface area contributed by atoms with E-state index in [1.165, 1.54) is 29.6 Å². The molecular formula is C44H48F2N4O11S. The first-order valence-electron chi connectivity index (χ1n) is 20.1. The predicted molar refractivity (Wildman–Crippen MR) is 221 cm³/mol. The third-order valence-corrected chi connectivity index (χ3v) is 12.8. The minimum Gasteiger partial charge on any atom is -0.497 e. The summed E-state index contributed by atoms with van der Waals surface area (Å²) in [5.41, 5.74) is 2.15. The quantitative estimate of drug-likeness (QED) is 0.0981. The fraction of sp³-hybridized carbons (Fsp3) is 0.386. The summed E-state index contributed by atoms with van der Waals surface area (Å²) in [5.74, 6) is -2.42. The molecule has 1 aromatic heterocycles. The molecule has 1 amide bonds. The zero-order valence-electron chi connectivity index (χ0n) is 34.5. The van der Waals surface area contributed by atoms with Crippen LogP contribution in [-0.2, 0) is 37.3 Å². The smallest absolute Gasteiger partial charge is 0.439 e. The lowest BCUT2D eigenvalue weighted by molar-refractivity contribution is -0.181. The standard InChI is InChI=1S/C44H48F2N4O11S/c1-26(2)22-50(62(54,55)33-14-12-31(56-4)13-15-33)23-39(51)38(47-42(52)60-40-25-59-44(3)36(40)17-18-58-44)19-27-5-10-32(11-6-27)57-24-29-8-7-28(34-16-9-30(45)21-37(34)46)20-35(29)41-48-43(53)61-49-41/h5-16,20-21,26,36,38-40,51H,17-19,22-25H2,1-4H3,(H,47,52)(H,48,49,53)/t36-,38-,39+,40-,44+/m0/s1. The van der Waals surface area contributed by atoms with Crippen LogP contribution < -0.4 is 20.5 Å². The topological polar surface area (TPSA) is 192 Å². The number of fused-ring (bicyclic) bond motifs is 1. The Hall–Kier alpha value is -5.66. The van der Waals surface area contributed by atoms with Crippen LogP contribution in [0.3, 0.4) is 0 Å². The van der Waals surface area contributed by atoms with E-state index in [4.69, 9.17) is 28.2 Å². The molecule has 2 fully saturated rings. The van der Waals surface area contributed by atoms with Crippen LogP contribution >= 0.6 is 0 Å². The van der Waals surface area contributed by atoms with Crippen LogP contribution in [0.4, 0.5) is 13.6 Å². The zero-order valence-corrected chi connectivity index (χ0v) is 35.3. The van der Waals surface area contributed by atoms with Crippen LogP contribution in [0.5, 0.6) is 11.5 Å². The molecule has 0 unspecified atom stereocenters. The van der Waals surface area contributed by atoms with E-state index in [0.29, 0.717) is 46.8 Å². The first kappa shape index (κ1) is 44.4. The van der Waals surface area contributed by atoms with Crippen LogP contribution in [0.15, 0.2) is 99.1 Å². The molecule has 15 nitrogen and oxygen atoms in total. The number of hydrogen-bond acceptors (Lipinski definition) is 12. The molecule has 330 valence electrons. The Bertz CT molecular complexity index is 2520. The van der Waals surface area contributed by atoms with Crippen LogP contribution in [-0.4, -0.2) is 91.5 Å². The number of nitrogens with one attached hydrogen (secondary N) is 2. The number of sulfonamides is 1. The van der Waals surface area contributed by atoms with Crippen molar-refractivity contribution in [1.82, 2.24) is 19.8 Å². The maximum absolute atomic E-state index is 14.7. The Kier molecular flexibility index (Phi) is 13.4. The molecule has 0 radical (unpaired) electrons. The molecule has 0 saturated carbocycles. The average molecular weight is 879 g/mol. The summed E-state index contributed by atoms with van der Waals surface area (Å²) in [6.45, 7) is 5.88. The summed E-state index contributed by atoms with van der Waals surface area (Å²) < 4.78 is 90.8. The number of alkyl carbamates (subject to hydrolysis) is 1. The second kappa shape index (κ2) is 18.8. The SMILES string of the molecule is COc1ccc(S(=O)(=O)N(CC(C)C)C[C@@H](O)[C@H](Cc2ccc(OCc3ccc(-c4ccc(F)cc4F)cc3-c3noc(=O)[nH]3)cc2)NC(=O)O[C@H]2CO[C@@]3(C)OCC[C@@H]23)cc1. The first-order valence-corrected chi connectivity index (χ1v) is 21.5. The predicted octanol–water partition coefficient (Wildman–Crippen LogP) is 6.06. The van der Waals surface area contributed by atoms with Gasteiger partial charge in [0.25, 0.3) is 0 Å². The number of rotatable bonds is 17. The summed E-state index contributed by atoms with van der Waals surface area (Å²) in [6, 6.07) is 19.9. The molecule has 18 heteroatoms. The Morgan fingerprint density at radius 3 is 2.42 bits per heavy atom. The Labute approximate surface area is 356 Å². The fourth-order valence-corrected chi connectivity index (χ4v) is 9.34. The van der Waals surface area contributed by atoms with Gasteiger partial charge in [0, 0.05) is 35.8 Å². The van der Waals surface area contributed by atoms with Crippen molar-refractivity contribution in [3.63, 3.8) is 0 Å². The van der Waals surface area contributed by atoms with Crippen molar-refractivity contribution in [1.29, 1.82) is 0 Å². The van der Waals surface area contributed by atoms with E-state index in [1.807, 2.05) is 20.8 Å². The Morgan fingerprint density at radius 2 is 1.74 bits per heavy atom. The van der Waals surface area contributed by atoms with E-state index in [0.717, 1.165) is 12.1 Å². The van der Waals surface area contributed by atoms with Gasteiger partial charge in [0.1, 0.15) is 35.8 Å². The van der Waals surface area contributed by atoms with Crippen molar-refractivity contribution in [3.05, 3.63) is 118 Å². The van der Waals surface area contributed by atoms with Gasteiger partial charge in [0.05, 0.1) is 43.3 Å². The van der Waals surface area contributed by atoms with Gasteiger partial charge in [-0.2, -0.15) is 4.31 Å². The molecular weight excluding hydrogens is 831 g/mol. The molecule has 7 rings (SSSR count). The number of methoxy groups -OCH3 is 1. The number of H-pyrrole nitrogens is 1. The molecule has 2 aliphatic rings. The lowest BCUT2D eigenvalue weighted by Crippen LogP contribution is -2.51. The number of aliphatic hydroxyl groups excluding tert-OH is 1. The number of hydrogen-bond donors (Lipinski definition) is 3. The summed E-state index contributed by atoms with van der Waals surface area (Å²) in [6.07, 6.45) is -2.06. The number of ether oxygens (including phenoxy) is 5. The van der Waals surface area contributed by atoms with Gasteiger partial charge in [0.2, 0.25) is 10.0 Å². The molecule has 4 aromatic carbocycles. The number of amides is 1. The molecule has 5 aromatic rings. The molecule has 3 heterocycles. The molecule has 2 saturated heterocycles. The monoisotopic (exact) mass is 878 g/mol. The van der Waals surface area contributed by atoms with Gasteiger partial charge in [-0.3, -0.25) is 9.51 Å². The molecule has 0 bridgehead atoms. The minimum absolute atomic E-state index is 0.0190.